The molecule has 2 amide bonds. The molecule has 2 N–H and O–H groups in total. The molecule has 2 rings (SSSR count). The van der Waals surface area contributed by atoms with Gasteiger partial charge in [-0.05, 0) is 13.0 Å². The molecular weight excluding hydrogens is 325 g/mol. The van der Waals surface area contributed by atoms with E-state index >= 15 is 0 Å². The molecule has 1 aromatic carbocycles. The summed E-state index contributed by atoms with van der Waals surface area (Å²) in [4.78, 5) is 15.7. The van der Waals surface area contributed by atoms with Gasteiger partial charge in [0, 0.05) is 37.1 Å². The minimum absolute atomic E-state index is 0.0874. The van der Waals surface area contributed by atoms with Gasteiger partial charge in [-0.1, -0.05) is 18.2 Å². The van der Waals surface area contributed by atoms with Crippen LogP contribution in [0.4, 0.5) is 18.0 Å². The smallest absolute Gasteiger partial charge is 0.405 e. The molecule has 0 aliphatic carbocycles. The van der Waals surface area contributed by atoms with Crippen molar-refractivity contribution in [1.29, 1.82) is 0 Å². The highest BCUT2D eigenvalue weighted by Gasteiger charge is 2.31. The van der Waals surface area contributed by atoms with Crippen molar-refractivity contribution in [3.8, 4) is 5.75 Å². The van der Waals surface area contributed by atoms with Gasteiger partial charge in [0.2, 0.25) is 0 Å². The summed E-state index contributed by atoms with van der Waals surface area (Å²) in [6.45, 7) is 2.25. The van der Waals surface area contributed by atoms with Crippen LogP contribution in [-0.2, 0) is 13.1 Å². The van der Waals surface area contributed by atoms with Gasteiger partial charge in [0.1, 0.15) is 5.75 Å². The lowest BCUT2D eigenvalue weighted by atomic mass is 10.2. The number of rotatable bonds is 6. The molecule has 1 heterocycles. The largest absolute Gasteiger partial charge is 0.573 e. The van der Waals surface area contributed by atoms with Crippen LogP contribution >= 0.6 is 0 Å². The fourth-order valence-corrected chi connectivity index (χ4v) is 2.08. The minimum atomic E-state index is -4.78. The van der Waals surface area contributed by atoms with Crippen LogP contribution in [-0.4, -0.2) is 28.0 Å². The number of nitrogens with zero attached hydrogens (tertiary/aromatic N) is 2. The summed E-state index contributed by atoms with van der Waals surface area (Å²) in [6, 6.07) is 4.99. The van der Waals surface area contributed by atoms with Gasteiger partial charge in [-0.15, -0.1) is 13.2 Å². The maximum absolute atomic E-state index is 12.3. The molecular formula is C15H17F3N4O2. The maximum Gasteiger partial charge on any atom is 0.573 e. The molecule has 1 aromatic heterocycles. The molecule has 1 atom stereocenters. The lowest BCUT2D eigenvalue weighted by molar-refractivity contribution is -0.274. The van der Waals surface area contributed by atoms with E-state index in [-0.39, 0.29) is 23.9 Å². The molecule has 0 aliphatic rings. The quantitative estimate of drug-likeness (QED) is 0.848. The predicted octanol–water partition coefficient (Wildman–Crippen LogP) is 2.67. The van der Waals surface area contributed by atoms with E-state index in [9.17, 15) is 18.0 Å². The Hall–Kier alpha value is -2.71. The number of para-hydroxylation sites is 1. The van der Waals surface area contributed by atoms with E-state index in [0.29, 0.717) is 6.54 Å². The first-order valence-corrected chi connectivity index (χ1v) is 7.17. The van der Waals surface area contributed by atoms with E-state index in [1.54, 1.807) is 36.3 Å². The Labute approximate surface area is 136 Å². The molecule has 6 nitrogen and oxygen atoms in total. The van der Waals surface area contributed by atoms with Gasteiger partial charge in [0.05, 0.1) is 6.33 Å². The van der Waals surface area contributed by atoms with Gasteiger partial charge >= 0.3 is 12.4 Å². The third kappa shape index (κ3) is 5.82. The number of hydrogen-bond acceptors (Lipinski definition) is 3. The summed E-state index contributed by atoms with van der Waals surface area (Å²) < 4.78 is 42.8. The normalized spacial score (nSPS) is 12.5. The number of nitrogens with one attached hydrogen (secondary N) is 2. The molecule has 0 radical (unpaired) electrons. The fourth-order valence-electron chi connectivity index (χ4n) is 2.08. The average Bonchev–Trinajstić information content (AvgIpc) is 2.97. The van der Waals surface area contributed by atoms with Crippen molar-refractivity contribution in [2.45, 2.75) is 32.4 Å². The van der Waals surface area contributed by atoms with Crippen LogP contribution < -0.4 is 15.4 Å². The summed E-state index contributed by atoms with van der Waals surface area (Å²) in [5.74, 6) is -0.336. The number of aromatic nitrogens is 2. The van der Waals surface area contributed by atoms with E-state index in [1.165, 1.54) is 18.2 Å². The molecule has 0 fully saturated rings. The number of carbonyl (C=O) groups excluding carboxylic acids is 1. The molecule has 0 spiro atoms. The zero-order valence-electron chi connectivity index (χ0n) is 12.9. The van der Waals surface area contributed by atoms with Gasteiger partial charge in [-0.2, -0.15) is 0 Å². The van der Waals surface area contributed by atoms with Crippen molar-refractivity contribution < 1.29 is 22.7 Å². The molecule has 130 valence electrons. The van der Waals surface area contributed by atoms with E-state index in [1.807, 2.05) is 0 Å². The molecule has 0 saturated heterocycles. The van der Waals surface area contributed by atoms with Gasteiger partial charge in [-0.3, -0.25) is 0 Å². The van der Waals surface area contributed by atoms with E-state index < -0.39 is 12.4 Å². The number of benzene rings is 1. The van der Waals surface area contributed by atoms with Crippen LogP contribution in [0.3, 0.4) is 0 Å². The van der Waals surface area contributed by atoms with Crippen molar-refractivity contribution in [3.05, 3.63) is 48.5 Å². The van der Waals surface area contributed by atoms with E-state index in [4.69, 9.17) is 0 Å². The van der Waals surface area contributed by atoms with Gasteiger partial charge < -0.3 is 19.9 Å². The number of amides is 2. The van der Waals surface area contributed by atoms with Crippen LogP contribution in [0, 0.1) is 0 Å². The Morgan fingerprint density at radius 1 is 1.38 bits per heavy atom. The first kappa shape index (κ1) is 17.6. The van der Waals surface area contributed by atoms with Crippen LogP contribution in [0.25, 0.3) is 0 Å². The van der Waals surface area contributed by atoms with E-state index in [2.05, 4.69) is 20.4 Å². The van der Waals surface area contributed by atoms with Crippen LogP contribution in [0.15, 0.2) is 43.0 Å². The zero-order chi connectivity index (χ0) is 17.6. The molecule has 2 aromatic rings. The van der Waals surface area contributed by atoms with Gasteiger partial charge in [-0.25, -0.2) is 9.78 Å². The molecule has 0 bridgehead atoms. The Morgan fingerprint density at radius 3 is 2.79 bits per heavy atom. The van der Waals surface area contributed by atoms with Crippen molar-refractivity contribution in [2.24, 2.45) is 0 Å². The summed E-state index contributed by atoms with van der Waals surface area (Å²) in [5, 5.41) is 5.21. The van der Waals surface area contributed by atoms with Crippen LogP contribution in [0.2, 0.25) is 0 Å². The first-order chi connectivity index (χ1) is 11.3. The zero-order valence-corrected chi connectivity index (χ0v) is 12.9. The summed E-state index contributed by atoms with van der Waals surface area (Å²) in [5.41, 5.74) is 0.229. The van der Waals surface area contributed by atoms with Crippen molar-refractivity contribution in [1.82, 2.24) is 20.2 Å². The molecule has 0 saturated carbocycles. The molecule has 0 aliphatic heterocycles. The Morgan fingerprint density at radius 2 is 2.12 bits per heavy atom. The van der Waals surface area contributed by atoms with Crippen molar-refractivity contribution in [2.75, 3.05) is 0 Å². The van der Waals surface area contributed by atoms with Crippen molar-refractivity contribution >= 4 is 6.03 Å². The Bertz CT molecular complexity index is 659. The lowest BCUT2D eigenvalue weighted by Crippen LogP contribution is -2.42. The second kappa shape index (κ2) is 7.71. The summed E-state index contributed by atoms with van der Waals surface area (Å²) in [7, 11) is 0. The SMILES string of the molecule is C[C@@H](Cn1ccnc1)NC(=O)NCc1ccccc1OC(F)(F)F. The first-order valence-electron chi connectivity index (χ1n) is 7.17. The third-order valence-electron chi connectivity index (χ3n) is 3.06. The lowest BCUT2D eigenvalue weighted by Gasteiger charge is -2.16. The molecule has 0 unspecified atom stereocenters. The monoisotopic (exact) mass is 342 g/mol. The number of urea groups is 1. The number of halogens is 3. The topological polar surface area (TPSA) is 68.2 Å². The standard InChI is InChI=1S/C15H17F3N4O2/c1-11(9-22-7-6-19-10-22)21-14(23)20-8-12-4-2-3-5-13(12)24-15(16,17)18/h2-7,10-11H,8-9H2,1H3,(H2,20,21,23)/t11-/m0/s1. The predicted molar refractivity (Wildman–Crippen MR) is 80.2 cm³/mol. The number of carbonyl (C=O) groups is 1. The fraction of sp³-hybridized carbons (Fsp3) is 0.333. The second-order valence-electron chi connectivity index (χ2n) is 5.14. The summed E-state index contributed by atoms with van der Waals surface area (Å²) >= 11 is 0. The van der Waals surface area contributed by atoms with Gasteiger partial charge in [0.15, 0.2) is 0 Å². The number of hydrogen-bond donors (Lipinski definition) is 2. The Balaban J connectivity index is 1.85. The van der Waals surface area contributed by atoms with Gasteiger partial charge in [0.25, 0.3) is 0 Å². The average molecular weight is 342 g/mol. The number of ether oxygens (including phenoxy) is 1. The minimum Gasteiger partial charge on any atom is -0.405 e. The highest BCUT2D eigenvalue weighted by molar-refractivity contribution is 5.74. The molecule has 9 heteroatoms. The van der Waals surface area contributed by atoms with Crippen LogP contribution in [0.5, 0.6) is 5.75 Å². The number of alkyl halides is 3. The Kier molecular flexibility index (Phi) is 5.67. The van der Waals surface area contributed by atoms with Crippen molar-refractivity contribution in [3.63, 3.8) is 0 Å². The number of imidazole rings is 1. The maximum atomic E-state index is 12.3. The van der Waals surface area contributed by atoms with Crippen LogP contribution in [0.1, 0.15) is 12.5 Å². The second-order valence-corrected chi connectivity index (χ2v) is 5.14. The van der Waals surface area contributed by atoms with E-state index in [0.717, 1.165) is 0 Å². The third-order valence-corrected chi connectivity index (χ3v) is 3.06. The molecule has 24 heavy (non-hydrogen) atoms. The highest BCUT2D eigenvalue weighted by Crippen LogP contribution is 2.25. The summed E-state index contributed by atoms with van der Waals surface area (Å²) in [6.07, 6.45) is 0.240. The highest BCUT2D eigenvalue weighted by atomic mass is 19.4.